The third kappa shape index (κ3) is 5.06. The van der Waals surface area contributed by atoms with Gasteiger partial charge in [-0.1, -0.05) is 139 Å². The first-order chi connectivity index (χ1) is 17.1. The Hall–Kier alpha value is -3.42. The zero-order valence-corrected chi connectivity index (χ0v) is 24.0. The largest absolute Gasteiger partial charge is 0.243 e. The predicted octanol–water partition coefficient (Wildman–Crippen LogP) is 6.54. The fraction of sp³-hybridized carbons (Fsp3) is 0.333. The van der Waals surface area contributed by atoms with Crippen LogP contribution in [0.25, 0.3) is 12.2 Å². The molecule has 0 nitrogen and oxygen atoms in total. The second kappa shape index (κ2) is 9.16. The molecule has 0 saturated carbocycles. The Morgan fingerprint density at radius 1 is 0.568 bits per heavy atom. The van der Waals surface area contributed by atoms with Crippen molar-refractivity contribution in [2.24, 2.45) is 0 Å². The molecule has 1 aliphatic rings. The highest BCUT2D eigenvalue weighted by atomic mass is 14.3. The van der Waals surface area contributed by atoms with E-state index in [2.05, 4.69) is 123 Å². The molecule has 0 aliphatic carbocycles. The second-order valence-electron chi connectivity index (χ2n) is 13.5. The van der Waals surface area contributed by atoms with Gasteiger partial charge in [0.05, 0.1) is 0 Å². The van der Waals surface area contributed by atoms with Gasteiger partial charge in [0.15, 0.2) is 0 Å². The molecule has 4 rings (SSSR count). The van der Waals surface area contributed by atoms with Crippen molar-refractivity contribution in [3.05, 3.63) is 87.5 Å². The molecule has 186 valence electrons. The fourth-order valence-electron chi connectivity index (χ4n) is 5.43. The number of fused-ring (bicyclic) bond motifs is 2. The molecule has 1 aliphatic heterocycles. The second-order valence-corrected chi connectivity index (χ2v) is 13.5. The first-order valence-corrected chi connectivity index (χ1v) is 13.2. The molecule has 0 aromatic heterocycles. The van der Waals surface area contributed by atoms with E-state index in [1.165, 1.54) is 44.2 Å². The molecule has 0 saturated heterocycles. The molecule has 0 bridgehead atoms. The number of rotatable bonds is 1. The van der Waals surface area contributed by atoms with Crippen LogP contribution in [0, 0.1) is 24.7 Å². The van der Waals surface area contributed by atoms with E-state index in [9.17, 15) is 0 Å². The highest BCUT2D eigenvalue weighted by Gasteiger charge is 2.37. The van der Waals surface area contributed by atoms with E-state index in [4.69, 9.17) is 12.8 Å². The average molecular weight is 483 g/mol. The van der Waals surface area contributed by atoms with Crippen molar-refractivity contribution in [3.63, 3.8) is 0 Å². The van der Waals surface area contributed by atoms with Gasteiger partial charge in [0.1, 0.15) is 0 Å². The molecule has 3 aromatic carbocycles. The Labute approximate surface area is 225 Å². The van der Waals surface area contributed by atoms with E-state index in [-0.39, 0.29) is 23.0 Å². The van der Waals surface area contributed by atoms with Crippen LogP contribution in [0.4, 0.5) is 0 Å². The third-order valence-corrected chi connectivity index (χ3v) is 7.52. The zero-order valence-electron chi connectivity index (χ0n) is 24.0. The molecular weight excluding hydrogens is 443 g/mol. The van der Waals surface area contributed by atoms with Crippen LogP contribution in [0.3, 0.4) is 0 Å². The van der Waals surface area contributed by atoms with Crippen molar-refractivity contribution < 1.29 is 0 Å². The number of hydrogen-bond acceptors (Lipinski definition) is 0. The van der Waals surface area contributed by atoms with Crippen molar-refractivity contribution in [1.29, 1.82) is 0 Å². The topological polar surface area (TPSA) is 0 Å². The molecule has 3 aromatic rings. The monoisotopic (exact) mass is 482 g/mol. The van der Waals surface area contributed by atoms with E-state index < -0.39 is 0 Å². The van der Waals surface area contributed by atoms with Gasteiger partial charge in [0, 0.05) is 11.1 Å². The normalized spacial score (nSPS) is 13.3. The van der Waals surface area contributed by atoms with Crippen LogP contribution in [-0.2, 0) is 16.2 Å². The molecule has 0 fully saturated rings. The Morgan fingerprint density at radius 2 is 0.973 bits per heavy atom. The van der Waals surface area contributed by atoms with Gasteiger partial charge < -0.3 is 0 Å². The van der Waals surface area contributed by atoms with Crippen molar-refractivity contribution in [1.82, 2.24) is 0 Å². The summed E-state index contributed by atoms with van der Waals surface area (Å²) >= 11 is 0. The molecule has 0 spiro atoms. The number of benzene rings is 3. The summed E-state index contributed by atoms with van der Waals surface area (Å²) in [5, 5.41) is 0. The van der Waals surface area contributed by atoms with Crippen molar-refractivity contribution in [2.75, 3.05) is 0 Å². The van der Waals surface area contributed by atoms with Crippen LogP contribution in [0.2, 0.25) is 0 Å². The summed E-state index contributed by atoms with van der Waals surface area (Å²) < 4.78 is 0. The van der Waals surface area contributed by atoms with Crippen molar-refractivity contribution in [3.8, 4) is 24.7 Å². The summed E-state index contributed by atoms with van der Waals surface area (Å²) in [4.78, 5) is 0. The van der Waals surface area contributed by atoms with Crippen LogP contribution in [0.5, 0.6) is 0 Å². The first-order valence-electron chi connectivity index (χ1n) is 13.2. The summed E-state index contributed by atoms with van der Waals surface area (Å²) in [5.41, 5.74) is 12.1. The molecular formula is C36H39B. The lowest BCUT2D eigenvalue weighted by molar-refractivity contribution is 0.553. The lowest BCUT2D eigenvalue weighted by atomic mass is 9.33. The Kier molecular flexibility index (Phi) is 6.59. The minimum absolute atomic E-state index is 0.000863. The van der Waals surface area contributed by atoms with E-state index in [0.717, 1.165) is 11.1 Å². The number of terminal acetylenes is 2. The van der Waals surface area contributed by atoms with Crippen LogP contribution < -0.4 is 16.4 Å². The maximum atomic E-state index is 5.92. The van der Waals surface area contributed by atoms with Crippen LogP contribution in [0.1, 0.15) is 101 Å². The molecule has 37 heavy (non-hydrogen) atoms. The Balaban J connectivity index is 2.25. The van der Waals surface area contributed by atoms with Crippen LogP contribution >= 0.6 is 0 Å². The molecule has 0 radical (unpaired) electrons. The average Bonchev–Trinajstić information content (AvgIpc) is 2.97. The van der Waals surface area contributed by atoms with Gasteiger partial charge in [-0.3, -0.25) is 0 Å². The SMILES string of the molecule is C#Cc1ccc2c(c1)B(c1c(C(C)(C)C)cc(C(C)(C)C)cc1C(C)(C)C)c1cc(C#C)ccc1C=C2. The van der Waals surface area contributed by atoms with E-state index in [1.54, 1.807) is 0 Å². The van der Waals surface area contributed by atoms with Gasteiger partial charge in [0.2, 0.25) is 6.71 Å². The maximum Gasteiger partial charge on any atom is 0.243 e. The molecule has 0 atom stereocenters. The summed E-state index contributed by atoms with van der Waals surface area (Å²) in [6.07, 6.45) is 16.3. The molecule has 0 N–H and O–H groups in total. The van der Waals surface area contributed by atoms with Crippen LogP contribution in [-0.4, -0.2) is 6.71 Å². The Morgan fingerprint density at radius 3 is 1.30 bits per heavy atom. The van der Waals surface area contributed by atoms with E-state index in [1.807, 2.05) is 12.1 Å². The lowest BCUT2D eigenvalue weighted by Crippen LogP contribution is -2.58. The van der Waals surface area contributed by atoms with Gasteiger partial charge >= 0.3 is 0 Å². The van der Waals surface area contributed by atoms with Gasteiger partial charge in [-0.05, 0) is 56.2 Å². The minimum Gasteiger partial charge on any atom is -0.115 e. The number of hydrogen-bond donors (Lipinski definition) is 0. The highest BCUT2D eigenvalue weighted by Crippen LogP contribution is 2.34. The Bertz CT molecular complexity index is 1380. The van der Waals surface area contributed by atoms with Crippen molar-refractivity contribution in [2.45, 2.75) is 78.6 Å². The first kappa shape index (κ1) is 26.6. The van der Waals surface area contributed by atoms with Crippen molar-refractivity contribution >= 4 is 35.3 Å². The summed E-state index contributed by atoms with van der Waals surface area (Å²) in [6, 6.07) is 17.7. The molecule has 1 heteroatoms. The van der Waals surface area contributed by atoms with E-state index >= 15 is 0 Å². The predicted molar refractivity (Wildman–Crippen MR) is 165 cm³/mol. The molecule has 1 heterocycles. The van der Waals surface area contributed by atoms with Gasteiger partial charge in [-0.2, -0.15) is 0 Å². The highest BCUT2D eigenvalue weighted by molar-refractivity contribution is 6.97. The van der Waals surface area contributed by atoms with Gasteiger partial charge in [-0.15, -0.1) is 12.8 Å². The minimum atomic E-state index is -0.0654. The quantitative estimate of drug-likeness (QED) is 0.213. The summed E-state index contributed by atoms with van der Waals surface area (Å²) in [5.74, 6) is 5.76. The zero-order chi connectivity index (χ0) is 27.3. The molecule has 0 amide bonds. The third-order valence-electron chi connectivity index (χ3n) is 7.52. The summed E-state index contributed by atoms with van der Waals surface area (Å²) in [6.45, 7) is 20.9. The standard InChI is InChI=1S/C36H39B/c1-12-24-14-16-26-18-19-27-17-15-25(13-2)21-32(27)37(31(26)20-24)33-29(35(6,7)8)22-28(34(3,4)5)23-30(33)36(9,10)11/h1-2,14-23H,3-11H3. The van der Waals surface area contributed by atoms with Gasteiger partial charge in [-0.25, -0.2) is 0 Å². The van der Waals surface area contributed by atoms with Crippen LogP contribution in [0.15, 0.2) is 48.5 Å². The fourth-order valence-corrected chi connectivity index (χ4v) is 5.43. The lowest BCUT2D eigenvalue weighted by Gasteiger charge is -2.36. The summed E-state index contributed by atoms with van der Waals surface area (Å²) in [7, 11) is 0. The smallest absolute Gasteiger partial charge is 0.115 e. The van der Waals surface area contributed by atoms with Gasteiger partial charge in [0.25, 0.3) is 0 Å². The molecule has 0 unspecified atom stereocenters. The van der Waals surface area contributed by atoms with E-state index in [0.29, 0.717) is 0 Å². The maximum absolute atomic E-state index is 5.92.